The lowest BCUT2D eigenvalue weighted by molar-refractivity contribution is -0.137. The maximum absolute atomic E-state index is 13.6. The Hall–Kier alpha value is -3.29. The summed E-state index contributed by atoms with van der Waals surface area (Å²) in [6, 6.07) is 1.51. The van der Waals surface area contributed by atoms with Crippen molar-refractivity contribution in [2.45, 2.75) is 26.4 Å². The lowest BCUT2D eigenvalue weighted by Gasteiger charge is -2.21. The highest BCUT2D eigenvalue weighted by Crippen LogP contribution is 2.35. The second kappa shape index (κ2) is 8.09. The summed E-state index contributed by atoms with van der Waals surface area (Å²) in [6.45, 7) is 3.43. The van der Waals surface area contributed by atoms with Gasteiger partial charge in [0.05, 0.1) is 22.2 Å². The van der Waals surface area contributed by atoms with Crippen molar-refractivity contribution in [3.63, 3.8) is 0 Å². The average Bonchev–Trinajstić information content (AvgIpc) is 3.17. The molecule has 0 saturated heterocycles. The number of carbonyl (C=O) groups is 1. The molecule has 14 heteroatoms. The lowest BCUT2D eigenvalue weighted by Crippen LogP contribution is -2.54. The molecule has 2 aromatic heterocycles. The van der Waals surface area contributed by atoms with Crippen LogP contribution in [0.5, 0.6) is 0 Å². The van der Waals surface area contributed by atoms with Gasteiger partial charge < -0.3 is 4.98 Å². The number of amides is 1. The van der Waals surface area contributed by atoms with Crippen LogP contribution in [0.2, 0.25) is 0 Å². The van der Waals surface area contributed by atoms with E-state index in [9.17, 15) is 31.8 Å². The number of benzene rings is 1. The van der Waals surface area contributed by atoms with Crippen molar-refractivity contribution in [2.75, 3.05) is 10.7 Å². The molecule has 10 nitrogen and oxygen atoms in total. The lowest BCUT2D eigenvalue weighted by atomic mass is 10.1. The normalized spacial score (nSPS) is 13.0. The maximum Gasteiger partial charge on any atom is 0.418 e. The zero-order valence-electron chi connectivity index (χ0n) is 16.5. The molecule has 0 radical (unpaired) electrons. The first kappa shape index (κ1) is 22.4. The van der Waals surface area contributed by atoms with Crippen molar-refractivity contribution in [1.82, 2.24) is 24.4 Å². The molecule has 1 aromatic carbocycles. The fourth-order valence-electron chi connectivity index (χ4n) is 2.97. The molecule has 31 heavy (non-hydrogen) atoms. The number of rotatable bonds is 5. The van der Waals surface area contributed by atoms with E-state index in [4.69, 9.17) is 0 Å². The van der Waals surface area contributed by atoms with Crippen LogP contribution in [0.4, 0.5) is 13.2 Å². The molecule has 3 aromatic rings. The van der Waals surface area contributed by atoms with Gasteiger partial charge in [-0.25, -0.2) is 9.00 Å². The number of hydrogen-bond acceptors (Lipinski definition) is 6. The Bertz CT molecular complexity index is 1280. The monoisotopic (exact) mass is 458 g/mol. The number of nitrogens with one attached hydrogen (secondary N) is 1. The van der Waals surface area contributed by atoms with Gasteiger partial charge in [-0.2, -0.15) is 17.6 Å². The molecule has 1 amide bonds. The largest absolute Gasteiger partial charge is 0.418 e. The molecule has 0 bridgehead atoms. The standard InChI is InChI=1S/C17H17F3N6O4S/c1-9(2)4-14(27)26(31(3)30)25-15(28)10-5-13(24-7-21-22-8-24)11(17(18,19)20)6-12(10)23-16(25)29/h5-9H,4H2,1-3H3,(H,23,29). The van der Waals surface area contributed by atoms with E-state index < -0.39 is 51.1 Å². The summed E-state index contributed by atoms with van der Waals surface area (Å²) >= 11 is 0. The first-order chi connectivity index (χ1) is 14.4. The van der Waals surface area contributed by atoms with E-state index in [2.05, 4.69) is 15.2 Å². The summed E-state index contributed by atoms with van der Waals surface area (Å²) in [5, 5.41) is 6.61. The van der Waals surface area contributed by atoms with Crippen molar-refractivity contribution in [2.24, 2.45) is 5.92 Å². The number of aromatic amines is 1. The third-order valence-electron chi connectivity index (χ3n) is 4.22. The fourth-order valence-corrected chi connectivity index (χ4v) is 3.71. The van der Waals surface area contributed by atoms with Crippen LogP contribution in [0.25, 0.3) is 16.6 Å². The quantitative estimate of drug-likeness (QED) is 0.611. The Balaban J connectivity index is 2.35. The molecule has 0 saturated carbocycles. The molecule has 0 aliphatic rings. The second-order valence-electron chi connectivity index (χ2n) is 7.02. The van der Waals surface area contributed by atoms with Crippen molar-refractivity contribution < 1.29 is 22.2 Å². The summed E-state index contributed by atoms with van der Waals surface area (Å²) < 4.78 is 54.7. The van der Waals surface area contributed by atoms with Gasteiger partial charge in [-0.05, 0) is 18.1 Å². The number of nitrogens with zero attached hydrogens (tertiary/aromatic N) is 5. The molecule has 0 aliphatic heterocycles. The van der Waals surface area contributed by atoms with E-state index in [-0.39, 0.29) is 17.7 Å². The minimum Gasteiger partial charge on any atom is -0.305 e. The Morgan fingerprint density at radius 1 is 1.23 bits per heavy atom. The van der Waals surface area contributed by atoms with E-state index in [0.717, 1.165) is 29.5 Å². The van der Waals surface area contributed by atoms with E-state index in [1.54, 1.807) is 13.8 Å². The molecular weight excluding hydrogens is 441 g/mol. The fraction of sp³-hybridized carbons (Fsp3) is 0.353. The van der Waals surface area contributed by atoms with E-state index in [1.807, 2.05) is 0 Å². The van der Waals surface area contributed by atoms with Crippen LogP contribution >= 0.6 is 0 Å². The molecule has 2 heterocycles. The number of H-pyrrole nitrogens is 1. The molecule has 1 atom stereocenters. The Morgan fingerprint density at radius 2 is 1.84 bits per heavy atom. The predicted octanol–water partition coefficient (Wildman–Crippen LogP) is 1.09. The number of halogens is 3. The van der Waals surface area contributed by atoms with Gasteiger partial charge >= 0.3 is 11.9 Å². The van der Waals surface area contributed by atoms with Gasteiger partial charge in [0.15, 0.2) is 0 Å². The highest BCUT2D eigenvalue weighted by atomic mass is 32.2. The van der Waals surface area contributed by atoms with Crippen molar-refractivity contribution >= 4 is 27.8 Å². The van der Waals surface area contributed by atoms with E-state index >= 15 is 0 Å². The van der Waals surface area contributed by atoms with Crippen LogP contribution in [0, 0.1) is 5.92 Å². The number of hydrogen-bond donors (Lipinski definition) is 1. The Labute approximate surface area is 174 Å². The second-order valence-corrected chi connectivity index (χ2v) is 8.21. The SMILES string of the molecule is CC(C)CC(=O)N(n1c(=O)[nH]c2cc(C(F)(F)F)c(-n3cnnc3)cc2c1=O)S(C)=O. The zero-order valence-corrected chi connectivity index (χ0v) is 17.3. The van der Waals surface area contributed by atoms with Crippen molar-refractivity contribution in [1.29, 1.82) is 0 Å². The highest BCUT2D eigenvalue weighted by Gasteiger charge is 2.35. The summed E-state index contributed by atoms with van der Waals surface area (Å²) in [6.07, 6.45) is -1.80. The maximum atomic E-state index is 13.6. The number of aromatic nitrogens is 5. The van der Waals surface area contributed by atoms with E-state index in [1.165, 1.54) is 0 Å². The third kappa shape index (κ3) is 4.28. The molecule has 0 spiro atoms. The molecule has 0 aliphatic carbocycles. The van der Waals surface area contributed by atoms with Crippen LogP contribution in [-0.4, -0.2) is 40.8 Å². The summed E-state index contributed by atoms with van der Waals surface area (Å²) in [5.74, 6) is -0.919. The van der Waals surface area contributed by atoms with Crippen LogP contribution in [0.3, 0.4) is 0 Å². The molecule has 1 N–H and O–H groups in total. The van der Waals surface area contributed by atoms with Crippen LogP contribution in [0.15, 0.2) is 34.4 Å². The molecule has 166 valence electrons. The number of alkyl halides is 3. The third-order valence-corrected chi connectivity index (χ3v) is 5.07. The smallest absolute Gasteiger partial charge is 0.305 e. The minimum atomic E-state index is -4.82. The van der Waals surface area contributed by atoms with Gasteiger partial charge in [0.1, 0.15) is 23.6 Å². The first-order valence-electron chi connectivity index (χ1n) is 8.84. The van der Waals surface area contributed by atoms with Gasteiger partial charge in [-0.1, -0.05) is 13.8 Å². The van der Waals surface area contributed by atoms with Gasteiger partial charge in [0.2, 0.25) is 0 Å². The molecular formula is C17H17F3N6O4S. The minimum absolute atomic E-state index is 0.109. The van der Waals surface area contributed by atoms with Crippen LogP contribution in [0.1, 0.15) is 25.8 Å². The summed E-state index contributed by atoms with van der Waals surface area (Å²) in [5.41, 5.74) is -4.30. The zero-order chi connectivity index (χ0) is 23.1. The van der Waals surface area contributed by atoms with Gasteiger partial charge in [-0.15, -0.1) is 14.9 Å². The van der Waals surface area contributed by atoms with Crippen molar-refractivity contribution in [3.05, 3.63) is 51.2 Å². The molecule has 1 unspecified atom stereocenters. The highest BCUT2D eigenvalue weighted by molar-refractivity contribution is 7.86. The first-order valence-corrected chi connectivity index (χ1v) is 10.4. The van der Waals surface area contributed by atoms with Crippen LogP contribution < -0.4 is 15.7 Å². The average molecular weight is 458 g/mol. The molecule has 3 rings (SSSR count). The predicted molar refractivity (Wildman–Crippen MR) is 105 cm³/mol. The number of carbonyl (C=O) groups excluding carboxylic acids is 1. The van der Waals surface area contributed by atoms with Gasteiger partial charge in [-0.3, -0.25) is 14.2 Å². The van der Waals surface area contributed by atoms with Gasteiger partial charge in [0, 0.05) is 12.7 Å². The topological polar surface area (TPSA) is 123 Å². The number of fused-ring (bicyclic) bond motifs is 1. The van der Waals surface area contributed by atoms with Crippen LogP contribution in [-0.2, 0) is 22.0 Å². The van der Waals surface area contributed by atoms with Gasteiger partial charge in [0.25, 0.3) is 11.5 Å². The Morgan fingerprint density at radius 3 is 2.35 bits per heavy atom. The Kier molecular flexibility index (Phi) is 5.85. The van der Waals surface area contributed by atoms with E-state index in [0.29, 0.717) is 15.2 Å². The molecule has 0 fully saturated rings. The summed E-state index contributed by atoms with van der Waals surface area (Å²) in [4.78, 5) is 40.3. The summed E-state index contributed by atoms with van der Waals surface area (Å²) in [7, 11) is -2.10. The van der Waals surface area contributed by atoms with Crippen molar-refractivity contribution in [3.8, 4) is 5.69 Å².